The predicted octanol–water partition coefficient (Wildman–Crippen LogP) is 7.13. The Morgan fingerprint density at radius 1 is 0.682 bits per heavy atom. The third kappa shape index (κ3) is 7.51. The lowest BCUT2D eigenvalue weighted by Gasteiger charge is -2.39. The van der Waals surface area contributed by atoms with Crippen molar-refractivity contribution in [1.82, 2.24) is 0 Å². The average molecular weight is 343 g/mol. The van der Waals surface area contributed by atoms with Crippen LogP contribution in [0.15, 0.2) is 0 Å². The standard InChI is InChI=1S/C20H38S2/c21-15-9-5-3-1-2-4-6-10-16-22-20-14-13-18-11-7-8-12-19(18)17-20/h18-21H,1-17H2. The monoisotopic (exact) mass is 342 g/mol. The summed E-state index contributed by atoms with van der Waals surface area (Å²) in [5.74, 6) is 4.73. The van der Waals surface area contributed by atoms with Gasteiger partial charge in [-0.25, -0.2) is 0 Å². The third-order valence-corrected chi connectivity index (χ3v) is 7.64. The number of thiol groups is 1. The summed E-state index contributed by atoms with van der Waals surface area (Å²) >= 11 is 6.59. The minimum atomic E-state index is 1.01. The first-order valence-electron chi connectivity index (χ1n) is 10.1. The Morgan fingerprint density at radius 2 is 1.32 bits per heavy atom. The molecule has 3 unspecified atom stereocenters. The van der Waals surface area contributed by atoms with Crippen molar-refractivity contribution in [3.05, 3.63) is 0 Å². The van der Waals surface area contributed by atoms with E-state index in [9.17, 15) is 0 Å². The van der Waals surface area contributed by atoms with Crippen LogP contribution in [-0.2, 0) is 0 Å². The Kier molecular flexibility index (Phi) is 10.5. The molecule has 0 aromatic heterocycles. The zero-order valence-corrected chi connectivity index (χ0v) is 16.3. The smallest absolute Gasteiger partial charge is 0.00498 e. The highest BCUT2D eigenvalue weighted by Gasteiger charge is 2.31. The first-order chi connectivity index (χ1) is 10.9. The van der Waals surface area contributed by atoms with E-state index in [4.69, 9.17) is 0 Å². The van der Waals surface area contributed by atoms with Gasteiger partial charge in [0.2, 0.25) is 0 Å². The van der Waals surface area contributed by atoms with Gasteiger partial charge in [-0.3, -0.25) is 0 Å². The number of fused-ring (bicyclic) bond motifs is 1. The highest BCUT2D eigenvalue weighted by Crippen LogP contribution is 2.43. The fraction of sp³-hybridized carbons (Fsp3) is 1.00. The van der Waals surface area contributed by atoms with Crippen molar-refractivity contribution in [1.29, 1.82) is 0 Å². The van der Waals surface area contributed by atoms with Crippen LogP contribution in [0.2, 0.25) is 0 Å². The van der Waals surface area contributed by atoms with Crippen molar-refractivity contribution < 1.29 is 0 Å². The van der Waals surface area contributed by atoms with Crippen molar-refractivity contribution in [2.45, 2.75) is 102 Å². The molecule has 2 aliphatic rings. The molecule has 2 rings (SSSR count). The Morgan fingerprint density at radius 3 is 2.05 bits per heavy atom. The molecule has 130 valence electrons. The molecule has 2 heteroatoms. The zero-order valence-electron chi connectivity index (χ0n) is 14.6. The second-order valence-electron chi connectivity index (χ2n) is 7.66. The number of hydrogen-bond donors (Lipinski definition) is 1. The van der Waals surface area contributed by atoms with E-state index < -0.39 is 0 Å². The molecule has 0 amide bonds. The van der Waals surface area contributed by atoms with Gasteiger partial charge < -0.3 is 0 Å². The van der Waals surface area contributed by atoms with Gasteiger partial charge in [-0.1, -0.05) is 64.2 Å². The molecule has 0 heterocycles. The van der Waals surface area contributed by atoms with E-state index in [1.54, 1.807) is 25.7 Å². The van der Waals surface area contributed by atoms with Crippen molar-refractivity contribution >= 4 is 24.4 Å². The third-order valence-electron chi connectivity index (χ3n) is 5.90. The molecule has 22 heavy (non-hydrogen) atoms. The van der Waals surface area contributed by atoms with E-state index in [0.717, 1.165) is 22.8 Å². The first-order valence-corrected chi connectivity index (χ1v) is 11.8. The molecule has 0 nitrogen and oxygen atoms in total. The molecule has 0 radical (unpaired) electrons. The summed E-state index contributed by atoms with van der Waals surface area (Å²) in [6.45, 7) is 0. The van der Waals surface area contributed by atoms with Gasteiger partial charge in [-0.15, -0.1) is 0 Å². The highest BCUT2D eigenvalue weighted by atomic mass is 32.2. The minimum absolute atomic E-state index is 1.01. The summed E-state index contributed by atoms with van der Waals surface area (Å²) in [4.78, 5) is 0. The normalized spacial score (nSPS) is 28.5. The molecule has 0 N–H and O–H groups in total. The minimum Gasteiger partial charge on any atom is -0.179 e. The molecule has 2 aliphatic carbocycles. The summed E-state index contributed by atoms with van der Waals surface area (Å²) < 4.78 is 0. The molecule has 0 bridgehead atoms. The van der Waals surface area contributed by atoms with Crippen LogP contribution in [-0.4, -0.2) is 16.8 Å². The van der Waals surface area contributed by atoms with Crippen molar-refractivity contribution in [2.24, 2.45) is 11.8 Å². The first kappa shape index (κ1) is 19.0. The molecule has 0 aromatic carbocycles. The quantitative estimate of drug-likeness (QED) is 0.308. The maximum Gasteiger partial charge on any atom is 0.00498 e. The van der Waals surface area contributed by atoms with Crippen LogP contribution >= 0.6 is 24.4 Å². The molecule has 3 atom stereocenters. The lowest BCUT2D eigenvalue weighted by atomic mass is 9.71. The topological polar surface area (TPSA) is 0 Å². The second-order valence-corrected chi connectivity index (χ2v) is 9.52. The number of unbranched alkanes of at least 4 members (excludes halogenated alkanes) is 7. The molecule has 0 saturated heterocycles. The molecule has 2 saturated carbocycles. The van der Waals surface area contributed by atoms with E-state index in [2.05, 4.69) is 24.4 Å². The average Bonchev–Trinajstić information content (AvgIpc) is 2.56. The molecular formula is C20H38S2. The van der Waals surface area contributed by atoms with Gasteiger partial charge in [0.05, 0.1) is 0 Å². The second kappa shape index (κ2) is 12.1. The summed E-state index contributed by atoms with van der Waals surface area (Å²) in [6, 6.07) is 0. The van der Waals surface area contributed by atoms with E-state index in [-0.39, 0.29) is 0 Å². The molecule has 0 aliphatic heterocycles. The van der Waals surface area contributed by atoms with Crippen LogP contribution in [0.4, 0.5) is 0 Å². The van der Waals surface area contributed by atoms with Crippen LogP contribution in [0.5, 0.6) is 0 Å². The highest BCUT2D eigenvalue weighted by molar-refractivity contribution is 7.99. The van der Waals surface area contributed by atoms with E-state index in [1.165, 1.54) is 76.4 Å². The largest absolute Gasteiger partial charge is 0.179 e. The molecule has 2 fully saturated rings. The predicted molar refractivity (Wildman–Crippen MR) is 106 cm³/mol. The van der Waals surface area contributed by atoms with Crippen LogP contribution in [0.3, 0.4) is 0 Å². The van der Waals surface area contributed by atoms with Crippen LogP contribution < -0.4 is 0 Å². The maximum atomic E-state index is 4.27. The van der Waals surface area contributed by atoms with Gasteiger partial charge in [0.1, 0.15) is 0 Å². The van der Waals surface area contributed by atoms with E-state index >= 15 is 0 Å². The van der Waals surface area contributed by atoms with Crippen LogP contribution in [0, 0.1) is 11.8 Å². The van der Waals surface area contributed by atoms with Crippen LogP contribution in [0.25, 0.3) is 0 Å². The Balaban J connectivity index is 1.39. The lowest BCUT2D eigenvalue weighted by molar-refractivity contribution is 0.175. The Bertz CT molecular complexity index is 266. The fourth-order valence-electron chi connectivity index (χ4n) is 4.51. The SMILES string of the molecule is SCCCCCCCCCCSC1CCC2CCCCC2C1. The van der Waals surface area contributed by atoms with Gasteiger partial charge >= 0.3 is 0 Å². The summed E-state index contributed by atoms with van der Waals surface area (Å²) in [6.07, 6.45) is 22.2. The maximum absolute atomic E-state index is 4.27. The summed E-state index contributed by atoms with van der Waals surface area (Å²) in [5, 5.41) is 1.01. The van der Waals surface area contributed by atoms with Gasteiger partial charge in [-0.05, 0) is 55.4 Å². The molecule has 0 aromatic rings. The Hall–Kier alpha value is 0.700. The van der Waals surface area contributed by atoms with Crippen molar-refractivity contribution in [3.8, 4) is 0 Å². The fourth-order valence-corrected chi connectivity index (χ4v) is 6.12. The van der Waals surface area contributed by atoms with Gasteiger partial charge in [0, 0.05) is 5.25 Å². The van der Waals surface area contributed by atoms with Gasteiger partial charge in [0.15, 0.2) is 0 Å². The molecular weight excluding hydrogens is 304 g/mol. The van der Waals surface area contributed by atoms with Gasteiger partial charge in [-0.2, -0.15) is 24.4 Å². The molecule has 0 spiro atoms. The van der Waals surface area contributed by atoms with E-state index in [1.807, 2.05) is 0 Å². The van der Waals surface area contributed by atoms with Crippen molar-refractivity contribution in [2.75, 3.05) is 11.5 Å². The van der Waals surface area contributed by atoms with E-state index in [0.29, 0.717) is 0 Å². The van der Waals surface area contributed by atoms with Gasteiger partial charge in [0.25, 0.3) is 0 Å². The van der Waals surface area contributed by atoms with Crippen molar-refractivity contribution in [3.63, 3.8) is 0 Å². The zero-order chi connectivity index (χ0) is 15.5. The Labute approximate surface area is 149 Å². The summed E-state index contributed by atoms with van der Waals surface area (Å²) in [7, 11) is 0. The lowest BCUT2D eigenvalue weighted by Crippen LogP contribution is -2.29. The number of hydrogen-bond acceptors (Lipinski definition) is 2. The van der Waals surface area contributed by atoms with Crippen LogP contribution in [0.1, 0.15) is 96.3 Å². The summed E-state index contributed by atoms with van der Waals surface area (Å²) in [5.41, 5.74) is 0. The number of thioether (sulfide) groups is 1. The number of rotatable bonds is 11.